The van der Waals surface area contributed by atoms with Gasteiger partial charge in [-0.1, -0.05) is 6.07 Å². The van der Waals surface area contributed by atoms with Crippen molar-refractivity contribution in [3.63, 3.8) is 0 Å². The lowest BCUT2D eigenvalue weighted by atomic mass is 10.1. The summed E-state index contributed by atoms with van der Waals surface area (Å²) < 4.78 is 31.1. The van der Waals surface area contributed by atoms with Gasteiger partial charge in [0.15, 0.2) is 0 Å². The van der Waals surface area contributed by atoms with Crippen molar-refractivity contribution in [3.8, 4) is 0 Å². The van der Waals surface area contributed by atoms with Crippen LogP contribution in [0.5, 0.6) is 0 Å². The van der Waals surface area contributed by atoms with E-state index >= 15 is 0 Å². The molecule has 1 amide bonds. The molecular weight excluding hydrogens is 340 g/mol. The molecule has 1 atom stereocenters. The van der Waals surface area contributed by atoms with Gasteiger partial charge in [0.25, 0.3) is 0 Å². The van der Waals surface area contributed by atoms with Gasteiger partial charge in [0.05, 0.1) is 18.0 Å². The molecule has 0 spiro atoms. The highest BCUT2D eigenvalue weighted by Gasteiger charge is 2.19. The van der Waals surface area contributed by atoms with Crippen molar-refractivity contribution in [1.82, 2.24) is 5.32 Å². The molecule has 6 nitrogen and oxygen atoms in total. The van der Waals surface area contributed by atoms with Crippen LogP contribution in [0.3, 0.4) is 0 Å². The minimum atomic E-state index is -3.39. The Kier molecular flexibility index (Phi) is 6.84. The summed E-state index contributed by atoms with van der Waals surface area (Å²) in [7, 11) is -3.39. The standard InChI is InChI=1S/C18H28N2O4S/c1-14-8-9-16(12-15(14)2)20(25(3,22)23)10-4-7-18(21)19-13-17-6-5-11-24-17/h8-9,12,17H,4-7,10-11,13H2,1-3H3,(H,19,21). The summed E-state index contributed by atoms with van der Waals surface area (Å²) in [5.74, 6) is -0.0657. The Morgan fingerprint density at radius 3 is 2.68 bits per heavy atom. The molecule has 7 heteroatoms. The fourth-order valence-corrected chi connectivity index (χ4v) is 3.83. The lowest BCUT2D eigenvalue weighted by molar-refractivity contribution is -0.121. The first-order valence-corrected chi connectivity index (χ1v) is 10.6. The van der Waals surface area contributed by atoms with Crippen LogP contribution in [0.25, 0.3) is 0 Å². The number of nitrogens with zero attached hydrogens (tertiary/aromatic N) is 1. The Balaban J connectivity index is 1.87. The first kappa shape index (κ1) is 19.7. The normalized spacial score (nSPS) is 17.5. The van der Waals surface area contributed by atoms with Crippen LogP contribution in [-0.2, 0) is 19.6 Å². The van der Waals surface area contributed by atoms with E-state index < -0.39 is 10.0 Å². The second-order valence-corrected chi connectivity index (χ2v) is 8.55. The Hall–Kier alpha value is -1.60. The molecule has 2 rings (SSSR count). The third-order valence-electron chi connectivity index (χ3n) is 4.49. The average Bonchev–Trinajstić information content (AvgIpc) is 3.05. The number of hydrogen-bond donors (Lipinski definition) is 1. The van der Waals surface area contributed by atoms with Crippen LogP contribution in [0.1, 0.15) is 36.8 Å². The largest absolute Gasteiger partial charge is 0.376 e. The number of sulfonamides is 1. The highest BCUT2D eigenvalue weighted by atomic mass is 32.2. The lowest BCUT2D eigenvalue weighted by Gasteiger charge is -2.23. The van der Waals surface area contributed by atoms with E-state index in [4.69, 9.17) is 4.74 Å². The van der Waals surface area contributed by atoms with E-state index in [1.807, 2.05) is 26.0 Å². The number of carbonyl (C=O) groups is 1. The van der Waals surface area contributed by atoms with Gasteiger partial charge in [-0.2, -0.15) is 0 Å². The summed E-state index contributed by atoms with van der Waals surface area (Å²) in [6, 6.07) is 5.59. The van der Waals surface area contributed by atoms with Gasteiger partial charge in [-0.05, 0) is 56.4 Å². The molecule has 1 saturated heterocycles. The van der Waals surface area contributed by atoms with Crippen LogP contribution in [0.4, 0.5) is 5.69 Å². The lowest BCUT2D eigenvalue weighted by Crippen LogP contribution is -2.34. The minimum Gasteiger partial charge on any atom is -0.376 e. The molecule has 0 aliphatic carbocycles. The Morgan fingerprint density at radius 1 is 1.32 bits per heavy atom. The smallest absolute Gasteiger partial charge is 0.232 e. The minimum absolute atomic E-state index is 0.0657. The molecule has 0 radical (unpaired) electrons. The number of hydrogen-bond acceptors (Lipinski definition) is 4. The molecule has 1 fully saturated rings. The Labute approximate surface area is 150 Å². The SMILES string of the molecule is Cc1ccc(N(CCCC(=O)NCC2CCCO2)S(C)(=O)=O)cc1C. The summed E-state index contributed by atoms with van der Waals surface area (Å²) >= 11 is 0. The maximum absolute atomic E-state index is 12.1. The number of nitrogens with one attached hydrogen (secondary N) is 1. The van der Waals surface area contributed by atoms with Crippen LogP contribution in [-0.4, -0.2) is 46.4 Å². The number of ether oxygens (including phenoxy) is 1. The highest BCUT2D eigenvalue weighted by molar-refractivity contribution is 7.92. The van der Waals surface area contributed by atoms with Crippen molar-refractivity contribution in [2.24, 2.45) is 0 Å². The van der Waals surface area contributed by atoms with E-state index in [1.54, 1.807) is 6.07 Å². The molecule has 1 aromatic rings. The average molecular weight is 368 g/mol. The summed E-state index contributed by atoms with van der Waals surface area (Å²) in [5.41, 5.74) is 2.80. The Bertz CT molecular complexity index is 697. The maximum Gasteiger partial charge on any atom is 0.232 e. The monoisotopic (exact) mass is 368 g/mol. The second-order valence-electron chi connectivity index (χ2n) is 6.65. The number of carbonyl (C=O) groups excluding carboxylic acids is 1. The first-order chi connectivity index (χ1) is 11.8. The third-order valence-corrected chi connectivity index (χ3v) is 5.69. The van der Waals surface area contributed by atoms with Gasteiger partial charge < -0.3 is 10.1 Å². The van der Waals surface area contributed by atoms with Gasteiger partial charge in [0.1, 0.15) is 0 Å². The quantitative estimate of drug-likeness (QED) is 0.763. The zero-order valence-corrected chi connectivity index (χ0v) is 16.1. The topological polar surface area (TPSA) is 75.7 Å². The molecule has 1 heterocycles. The number of rotatable bonds is 8. The van der Waals surface area contributed by atoms with E-state index in [1.165, 1.54) is 10.6 Å². The molecular formula is C18H28N2O4S. The summed E-state index contributed by atoms with van der Waals surface area (Å²) in [5, 5.41) is 2.86. The molecule has 1 aliphatic rings. The number of anilines is 1. The predicted molar refractivity (Wildman–Crippen MR) is 99.3 cm³/mol. The van der Waals surface area contributed by atoms with Crippen LogP contribution < -0.4 is 9.62 Å². The van der Waals surface area contributed by atoms with Gasteiger partial charge in [-0.3, -0.25) is 9.10 Å². The molecule has 25 heavy (non-hydrogen) atoms. The van der Waals surface area contributed by atoms with Gasteiger partial charge in [-0.25, -0.2) is 8.42 Å². The zero-order valence-electron chi connectivity index (χ0n) is 15.2. The zero-order chi connectivity index (χ0) is 18.4. The van der Waals surface area contributed by atoms with Crippen LogP contribution in [0.15, 0.2) is 18.2 Å². The molecule has 1 N–H and O–H groups in total. The first-order valence-electron chi connectivity index (χ1n) is 8.70. The molecule has 1 aromatic carbocycles. The van der Waals surface area contributed by atoms with Crippen molar-refractivity contribution in [2.45, 2.75) is 45.6 Å². The summed E-state index contributed by atoms with van der Waals surface area (Å²) in [6.07, 6.45) is 4.10. The summed E-state index contributed by atoms with van der Waals surface area (Å²) in [6.45, 7) is 5.53. The van der Waals surface area contributed by atoms with Crippen LogP contribution in [0, 0.1) is 13.8 Å². The summed E-state index contributed by atoms with van der Waals surface area (Å²) in [4.78, 5) is 11.9. The molecule has 140 valence electrons. The van der Waals surface area contributed by atoms with Crippen molar-refractivity contribution in [1.29, 1.82) is 0 Å². The van der Waals surface area contributed by atoms with E-state index in [0.29, 0.717) is 25.1 Å². The van der Waals surface area contributed by atoms with Crippen molar-refractivity contribution < 1.29 is 17.9 Å². The van der Waals surface area contributed by atoms with E-state index in [0.717, 1.165) is 30.6 Å². The highest BCUT2D eigenvalue weighted by Crippen LogP contribution is 2.21. The van der Waals surface area contributed by atoms with Gasteiger partial charge in [0, 0.05) is 26.1 Å². The molecule has 1 aliphatic heterocycles. The fraction of sp³-hybridized carbons (Fsp3) is 0.611. The van der Waals surface area contributed by atoms with Crippen molar-refractivity contribution in [2.75, 3.05) is 30.3 Å². The van der Waals surface area contributed by atoms with E-state index in [9.17, 15) is 13.2 Å². The van der Waals surface area contributed by atoms with Crippen LogP contribution in [0.2, 0.25) is 0 Å². The number of benzene rings is 1. The predicted octanol–water partition coefficient (Wildman–Crippen LogP) is 2.14. The number of aryl methyl sites for hydroxylation is 2. The van der Waals surface area contributed by atoms with Crippen molar-refractivity contribution >= 4 is 21.6 Å². The van der Waals surface area contributed by atoms with Gasteiger partial charge in [0.2, 0.25) is 15.9 Å². The van der Waals surface area contributed by atoms with Crippen LogP contribution >= 0.6 is 0 Å². The third kappa shape index (κ3) is 6.01. The molecule has 1 unspecified atom stereocenters. The number of amides is 1. The maximum atomic E-state index is 12.1. The second kappa shape index (κ2) is 8.67. The van der Waals surface area contributed by atoms with Gasteiger partial charge >= 0.3 is 0 Å². The molecule has 0 saturated carbocycles. The van der Waals surface area contributed by atoms with E-state index in [-0.39, 0.29) is 18.6 Å². The molecule has 0 aromatic heterocycles. The molecule has 0 bridgehead atoms. The fourth-order valence-electron chi connectivity index (χ4n) is 2.87. The Morgan fingerprint density at radius 2 is 2.08 bits per heavy atom. The van der Waals surface area contributed by atoms with E-state index in [2.05, 4.69) is 5.32 Å². The van der Waals surface area contributed by atoms with Crippen molar-refractivity contribution in [3.05, 3.63) is 29.3 Å². The van der Waals surface area contributed by atoms with Gasteiger partial charge in [-0.15, -0.1) is 0 Å².